The molecule has 1 aliphatic heterocycles. The average Bonchev–Trinajstić information content (AvgIpc) is 3.72. The Morgan fingerprint density at radius 2 is 1.66 bits per heavy atom. The molecule has 5 rings (SSSR count). The van der Waals surface area contributed by atoms with Crippen molar-refractivity contribution in [2.24, 2.45) is 0 Å². The van der Waals surface area contributed by atoms with Gasteiger partial charge < -0.3 is 25.3 Å². The quantitative estimate of drug-likeness (QED) is 0.340. The normalized spacial score (nSPS) is 17.5. The van der Waals surface area contributed by atoms with Crippen LogP contribution in [-0.2, 0) is 29.5 Å². The first-order valence-corrected chi connectivity index (χ1v) is 15.2. The Hall–Kier alpha value is -4.56. The smallest absolute Gasteiger partial charge is 0.251 e. The Morgan fingerprint density at radius 1 is 1.05 bits per heavy atom. The molecule has 3 amide bonds. The monoisotopic (exact) mass is 597 g/mol. The van der Waals surface area contributed by atoms with Crippen LogP contribution in [0.2, 0.25) is 0 Å². The number of nitrogens with one attached hydrogen (secondary N) is 3. The third kappa shape index (κ3) is 5.69. The molecule has 2 aromatic carbocycles. The van der Waals surface area contributed by atoms with E-state index in [0.717, 1.165) is 28.7 Å². The Balaban J connectivity index is 1.63. The summed E-state index contributed by atoms with van der Waals surface area (Å²) in [5.41, 5.74) is 3.97. The number of fused-ring (bicyclic) bond motifs is 2. The predicted molar refractivity (Wildman–Crippen MR) is 163 cm³/mol. The molecule has 2 heterocycles. The molecule has 2 aliphatic rings. The molecule has 2 atom stereocenters. The van der Waals surface area contributed by atoms with E-state index in [1.165, 1.54) is 0 Å². The summed E-state index contributed by atoms with van der Waals surface area (Å²) in [5, 5.41) is 27.2. The van der Waals surface area contributed by atoms with Crippen LogP contribution in [-0.4, -0.2) is 72.1 Å². The lowest BCUT2D eigenvalue weighted by Crippen LogP contribution is -2.45. The second-order valence-corrected chi connectivity index (χ2v) is 11.5. The fourth-order valence-corrected chi connectivity index (χ4v) is 6.62. The summed E-state index contributed by atoms with van der Waals surface area (Å²) in [5.74, 6) is 0.456. The molecule has 0 saturated carbocycles. The van der Waals surface area contributed by atoms with Gasteiger partial charge in [0.15, 0.2) is 0 Å². The molecule has 1 aliphatic carbocycles. The first-order valence-electron chi connectivity index (χ1n) is 15.2. The molecule has 1 aromatic heterocycles. The number of aryl methyl sites for hydroxylation is 3. The Bertz CT molecular complexity index is 1540. The number of likely N-dealkylation sites (tertiary alicyclic amines) is 1. The highest BCUT2D eigenvalue weighted by Gasteiger charge is 2.47. The van der Waals surface area contributed by atoms with Crippen molar-refractivity contribution in [3.63, 3.8) is 0 Å². The fourth-order valence-electron chi connectivity index (χ4n) is 6.62. The van der Waals surface area contributed by atoms with Gasteiger partial charge in [0.2, 0.25) is 17.7 Å². The molecule has 1 fully saturated rings. The van der Waals surface area contributed by atoms with E-state index in [2.05, 4.69) is 32.2 Å². The highest BCUT2D eigenvalue weighted by Crippen LogP contribution is 2.48. The van der Waals surface area contributed by atoms with Gasteiger partial charge in [0, 0.05) is 44.2 Å². The number of benzene rings is 2. The van der Waals surface area contributed by atoms with Crippen molar-refractivity contribution in [2.45, 2.75) is 69.9 Å². The van der Waals surface area contributed by atoms with Crippen LogP contribution in [0.4, 0.5) is 0 Å². The molecule has 44 heavy (non-hydrogen) atoms. The largest absolute Gasteiger partial charge is 0.424 e. The number of aromatic nitrogens is 2. The fraction of sp³-hybridized carbons (Fsp3) is 0.455. The highest BCUT2D eigenvalue weighted by molar-refractivity contribution is 5.95. The predicted octanol–water partition coefficient (Wildman–Crippen LogP) is 2.67. The Kier molecular flexibility index (Phi) is 9.11. The molecule has 3 N–H and O–H groups in total. The molecule has 11 heteroatoms. The van der Waals surface area contributed by atoms with Crippen LogP contribution in [0.25, 0.3) is 0 Å². The standard InChI is InChI=1S/C33H39N7O4/c1-5-28-38-39-32(44-28)33(17-20(2)37-19-29(41)40-14-6-7-25(40)18-34)26-12-10-23(30(42)35-3)15-21(26)8-9-22-16-24(31(43)36-4)11-13-27(22)33/h10-13,15-16,20,25,37H,5-9,14,17,19H2,1-4H3,(H,35,42)(H,36,43)/t20-,25?/m1/s1. The molecule has 0 bridgehead atoms. The van der Waals surface area contributed by atoms with Crippen molar-refractivity contribution in [2.75, 3.05) is 27.2 Å². The van der Waals surface area contributed by atoms with Crippen molar-refractivity contribution < 1.29 is 18.8 Å². The van der Waals surface area contributed by atoms with Gasteiger partial charge in [-0.1, -0.05) is 19.1 Å². The van der Waals surface area contributed by atoms with Crippen LogP contribution < -0.4 is 16.0 Å². The lowest BCUT2D eigenvalue weighted by molar-refractivity contribution is -0.130. The van der Waals surface area contributed by atoms with Gasteiger partial charge in [0.25, 0.3) is 11.8 Å². The lowest BCUT2D eigenvalue weighted by Gasteiger charge is -2.36. The minimum Gasteiger partial charge on any atom is -0.424 e. The molecule has 0 radical (unpaired) electrons. The molecule has 230 valence electrons. The minimum absolute atomic E-state index is 0.0877. The van der Waals surface area contributed by atoms with E-state index in [1.54, 1.807) is 19.0 Å². The number of hydrogen-bond donors (Lipinski definition) is 3. The Labute approximate surface area is 257 Å². The van der Waals surface area contributed by atoms with E-state index in [-0.39, 0.29) is 36.3 Å². The van der Waals surface area contributed by atoms with Crippen LogP contribution >= 0.6 is 0 Å². The van der Waals surface area contributed by atoms with Gasteiger partial charge in [-0.2, -0.15) is 5.26 Å². The number of carbonyl (C=O) groups is 3. The molecular formula is C33H39N7O4. The first kappa shape index (κ1) is 30.9. The van der Waals surface area contributed by atoms with E-state index in [0.29, 0.717) is 61.6 Å². The van der Waals surface area contributed by atoms with Crippen LogP contribution in [0, 0.1) is 11.3 Å². The summed E-state index contributed by atoms with van der Waals surface area (Å²) >= 11 is 0. The Morgan fingerprint density at radius 3 is 2.18 bits per heavy atom. The van der Waals surface area contributed by atoms with Crippen molar-refractivity contribution in [3.8, 4) is 6.07 Å². The number of nitrogens with zero attached hydrogens (tertiary/aromatic N) is 4. The number of nitriles is 1. The summed E-state index contributed by atoms with van der Waals surface area (Å²) in [6.45, 7) is 4.64. The van der Waals surface area contributed by atoms with Crippen LogP contribution in [0.1, 0.15) is 87.9 Å². The molecule has 1 saturated heterocycles. The van der Waals surface area contributed by atoms with Crippen molar-refractivity contribution in [1.29, 1.82) is 5.26 Å². The van der Waals surface area contributed by atoms with E-state index in [4.69, 9.17) is 4.42 Å². The zero-order valence-electron chi connectivity index (χ0n) is 25.7. The maximum Gasteiger partial charge on any atom is 0.251 e. The molecule has 11 nitrogen and oxygen atoms in total. The second-order valence-electron chi connectivity index (χ2n) is 11.5. The molecule has 1 unspecified atom stereocenters. The van der Waals surface area contributed by atoms with E-state index < -0.39 is 5.41 Å². The van der Waals surface area contributed by atoms with Gasteiger partial charge in [-0.15, -0.1) is 10.2 Å². The van der Waals surface area contributed by atoms with Gasteiger partial charge in [-0.25, -0.2) is 0 Å². The SMILES string of the molecule is CCc1nnc(C2(C[C@@H](C)NCC(=O)N3CCCC3C#N)c3ccc(C(=O)NC)cc3CCc3cc(C(=O)NC)ccc32)o1. The van der Waals surface area contributed by atoms with Crippen molar-refractivity contribution >= 4 is 17.7 Å². The van der Waals surface area contributed by atoms with Crippen LogP contribution in [0.5, 0.6) is 0 Å². The van der Waals surface area contributed by atoms with Gasteiger partial charge in [0.05, 0.1) is 12.6 Å². The van der Waals surface area contributed by atoms with Crippen molar-refractivity contribution in [1.82, 2.24) is 31.0 Å². The van der Waals surface area contributed by atoms with Gasteiger partial charge in [-0.05, 0) is 85.5 Å². The van der Waals surface area contributed by atoms with Crippen molar-refractivity contribution in [3.05, 3.63) is 81.6 Å². The maximum absolute atomic E-state index is 13.1. The first-order chi connectivity index (χ1) is 21.2. The van der Waals surface area contributed by atoms with Gasteiger partial charge in [0.1, 0.15) is 11.5 Å². The maximum atomic E-state index is 13.1. The van der Waals surface area contributed by atoms with E-state index in [9.17, 15) is 19.6 Å². The summed E-state index contributed by atoms with van der Waals surface area (Å²) in [7, 11) is 3.21. The zero-order chi connectivity index (χ0) is 31.4. The lowest BCUT2D eigenvalue weighted by atomic mass is 9.68. The number of amides is 3. The third-order valence-corrected chi connectivity index (χ3v) is 8.84. The number of carbonyl (C=O) groups excluding carboxylic acids is 3. The molecule has 3 aromatic rings. The summed E-state index contributed by atoms with van der Waals surface area (Å²) in [6.07, 6.45) is 3.79. The molecular weight excluding hydrogens is 558 g/mol. The van der Waals surface area contributed by atoms with E-state index >= 15 is 0 Å². The van der Waals surface area contributed by atoms with E-state index in [1.807, 2.05) is 50.2 Å². The number of rotatable bonds is 9. The highest BCUT2D eigenvalue weighted by atomic mass is 16.4. The summed E-state index contributed by atoms with van der Waals surface area (Å²) in [6, 6.07) is 13.0. The zero-order valence-corrected chi connectivity index (χ0v) is 25.7. The van der Waals surface area contributed by atoms with Crippen LogP contribution in [0.15, 0.2) is 40.8 Å². The molecule has 0 spiro atoms. The average molecular weight is 598 g/mol. The second kappa shape index (κ2) is 13.0. The van der Waals surface area contributed by atoms with Gasteiger partial charge in [-0.3, -0.25) is 14.4 Å². The number of hydrogen-bond acceptors (Lipinski definition) is 8. The topological polar surface area (TPSA) is 153 Å². The van der Waals surface area contributed by atoms with Gasteiger partial charge >= 0.3 is 0 Å². The third-order valence-electron chi connectivity index (χ3n) is 8.84. The summed E-state index contributed by atoms with van der Waals surface area (Å²) in [4.78, 5) is 40.1. The minimum atomic E-state index is -0.942. The van der Waals surface area contributed by atoms with Crippen LogP contribution in [0.3, 0.4) is 0 Å². The summed E-state index contributed by atoms with van der Waals surface area (Å²) < 4.78 is 6.36.